The Hall–Kier alpha value is -3.75. The highest BCUT2D eigenvalue weighted by molar-refractivity contribution is 6.03. The van der Waals surface area contributed by atoms with E-state index < -0.39 is 0 Å². The molecular formula is C29H29FN4O3. The van der Waals surface area contributed by atoms with Crippen LogP contribution >= 0.6 is 0 Å². The molecule has 3 aromatic carbocycles. The monoisotopic (exact) mass is 500 g/mol. The molecule has 190 valence electrons. The van der Waals surface area contributed by atoms with Crippen molar-refractivity contribution in [3.63, 3.8) is 0 Å². The molecule has 1 fully saturated rings. The number of ether oxygens (including phenoxy) is 2. The summed E-state index contributed by atoms with van der Waals surface area (Å²) in [6, 6.07) is 22.4. The van der Waals surface area contributed by atoms with Crippen LogP contribution in [0.4, 0.5) is 4.39 Å². The number of carbonyl (C=O) groups is 1. The molecule has 3 aliphatic rings. The number of carbonyl (C=O) groups excluding carboxylic acids is 1. The van der Waals surface area contributed by atoms with E-state index in [1.165, 1.54) is 16.6 Å². The van der Waals surface area contributed by atoms with Crippen LogP contribution in [0.25, 0.3) is 0 Å². The number of amides is 1. The predicted octanol–water partition coefficient (Wildman–Crippen LogP) is 4.05. The third-order valence-electron chi connectivity index (χ3n) is 7.20. The summed E-state index contributed by atoms with van der Waals surface area (Å²) in [5.74, 6) is 0.905. The van der Waals surface area contributed by atoms with Crippen molar-refractivity contribution < 1.29 is 18.7 Å². The van der Waals surface area contributed by atoms with E-state index in [0.717, 1.165) is 38.3 Å². The van der Waals surface area contributed by atoms with E-state index in [0.29, 0.717) is 29.2 Å². The number of benzene rings is 3. The smallest absolute Gasteiger partial charge is 0.257 e. The molecule has 0 saturated carbocycles. The first-order valence-corrected chi connectivity index (χ1v) is 12.7. The Balaban J connectivity index is 1.17. The second kappa shape index (κ2) is 10.3. The summed E-state index contributed by atoms with van der Waals surface area (Å²) in [4.78, 5) is 18.2. The topological polar surface area (TPSA) is 57.6 Å². The lowest BCUT2D eigenvalue weighted by Gasteiger charge is -2.35. The van der Waals surface area contributed by atoms with Crippen molar-refractivity contribution in [1.29, 1.82) is 0 Å². The van der Waals surface area contributed by atoms with Gasteiger partial charge in [-0.05, 0) is 29.3 Å². The lowest BCUT2D eigenvalue weighted by atomic mass is 9.97. The Morgan fingerprint density at radius 3 is 2.43 bits per heavy atom. The zero-order valence-electron chi connectivity index (χ0n) is 20.6. The van der Waals surface area contributed by atoms with E-state index in [4.69, 9.17) is 9.47 Å². The van der Waals surface area contributed by atoms with Crippen molar-refractivity contribution in [3.8, 4) is 11.5 Å². The lowest BCUT2D eigenvalue weighted by Crippen LogP contribution is -2.49. The SMILES string of the molecule is O=C(CN1CCN(Cc2ccccc2)CC1)N1N=C(c2ccccc2F)C[C@H]1c1ccc2c(c1)OCO2. The van der Waals surface area contributed by atoms with Gasteiger partial charge in [-0.1, -0.05) is 54.6 Å². The minimum absolute atomic E-state index is 0.0921. The molecule has 0 N–H and O–H groups in total. The van der Waals surface area contributed by atoms with Gasteiger partial charge in [-0.15, -0.1) is 0 Å². The molecule has 0 aliphatic carbocycles. The van der Waals surface area contributed by atoms with Crippen LogP contribution in [0.2, 0.25) is 0 Å². The molecule has 6 rings (SSSR count). The highest BCUT2D eigenvalue weighted by atomic mass is 19.1. The Morgan fingerprint density at radius 1 is 0.892 bits per heavy atom. The maximum Gasteiger partial charge on any atom is 0.257 e. The fourth-order valence-corrected chi connectivity index (χ4v) is 5.19. The molecule has 0 radical (unpaired) electrons. The van der Waals surface area contributed by atoms with Crippen LogP contribution in [0.5, 0.6) is 11.5 Å². The molecule has 3 heterocycles. The first-order valence-electron chi connectivity index (χ1n) is 12.7. The molecule has 0 spiro atoms. The number of halogens is 1. The Labute approximate surface area is 215 Å². The quantitative estimate of drug-likeness (QED) is 0.511. The van der Waals surface area contributed by atoms with Crippen molar-refractivity contribution in [3.05, 3.63) is 95.3 Å². The second-order valence-corrected chi connectivity index (χ2v) is 9.64. The summed E-state index contributed by atoms with van der Waals surface area (Å²) in [5, 5.41) is 6.20. The van der Waals surface area contributed by atoms with Gasteiger partial charge >= 0.3 is 0 Å². The van der Waals surface area contributed by atoms with Crippen LogP contribution in [-0.2, 0) is 11.3 Å². The van der Waals surface area contributed by atoms with Gasteiger partial charge in [0.05, 0.1) is 18.3 Å². The molecule has 3 aromatic rings. The zero-order valence-corrected chi connectivity index (χ0v) is 20.6. The number of hydrogen-bond acceptors (Lipinski definition) is 6. The Morgan fingerprint density at radius 2 is 1.62 bits per heavy atom. The first-order chi connectivity index (χ1) is 18.1. The average Bonchev–Trinajstić information content (AvgIpc) is 3.58. The van der Waals surface area contributed by atoms with Gasteiger partial charge in [0.15, 0.2) is 11.5 Å². The normalized spacial score (nSPS) is 19.8. The molecule has 0 unspecified atom stereocenters. The van der Waals surface area contributed by atoms with Crippen LogP contribution in [0.15, 0.2) is 77.9 Å². The van der Waals surface area contributed by atoms with E-state index in [2.05, 4.69) is 39.2 Å². The number of piperazine rings is 1. The van der Waals surface area contributed by atoms with Crippen molar-refractivity contribution in [2.45, 2.75) is 19.0 Å². The van der Waals surface area contributed by atoms with E-state index in [9.17, 15) is 9.18 Å². The zero-order chi connectivity index (χ0) is 25.2. The van der Waals surface area contributed by atoms with Gasteiger partial charge in [0, 0.05) is 44.7 Å². The average molecular weight is 501 g/mol. The number of rotatable bonds is 6. The second-order valence-electron chi connectivity index (χ2n) is 9.64. The van der Waals surface area contributed by atoms with Gasteiger partial charge in [0.2, 0.25) is 6.79 Å². The van der Waals surface area contributed by atoms with Crippen LogP contribution in [0.1, 0.15) is 29.2 Å². The largest absolute Gasteiger partial charge is 0.454 e. The summed E-state index contributed by atoms with van der Waals surface area (Å²) < 4.78 is 25.6. The Kier molecular flexibility index (Phi) is 6.59. The third-order valence-corrected chi connectivity index (χ3v) is 7.20. The third kappa shape index (κ3) is 5.08. The minimum atomic E-state index is -0.338. The van der Waals surface area contributed by atoms with Gasteiger partial charge in [-0.2, -0.15) is 5.10 Å². The summed E-state index contributed by atoms with van der Waals surface area (Å²) in [6.45, 7) is 4.79. The van der Waals surface area contributed by atoms with E-state index in [1.54, 1.807) is 18.2 Å². The molecule has 1 atom stereocenters. The number of nitrogens with zero attached hydrogens (tertiary/aromatic N) is 4. The molecule has 3 aliphatic heterocycles. The molecule has 37 heavy (non-hydrogen) atoms. The summed E-state index contributed by atoms with van der Waals surface area (Å²) in [5.41, 5.74) is 3.19. The summed E-state index contributed by atoms with van der Waals surface area (Å²) in [7, 11) is 0. The van der Waals surface area contributed by atoms with Gasteiger partial charge < -0.3 is 9.47 Å². The van der Waals surface area contributed by atoms with E-state index in [-0.39, 0.29) is 31.1 Å². The van der Waals surface area contributed by atoms with Gasteiger partial charge in [-0.3, -0.25) is 14.6 Å². The summed E-state index contributed by atoms with van der Waals surface area (Å²) >= 11 is 0. The van der Waals surface area contributed by atoms with Crippen molar-refractivity contribution >= 4 is 11.6 Å². The number of fused-ring (bicyclic) bond motifs is 1. The van der Waals surface area contributed by atoms with Crippen molar-refractivity contribution in [2.24, 2.45) is 5.10 Å². The molecular weight excluding hydrogens is 471 g/mol. The van der Waals surface area contributed by atoms with Crippen LogP contribution in [0.3, 0.4) is 0 Å². The maximum atomic E-state index is 14.6. The molecule has 7 nitrogen and oxygen atoms in total. The standard InChI is InChI=1S/C29H29FN4O3/c30-24-9-5-4-8-23(24)25-17-26(22-10-11-27-28(16-22)37-20-36-27)34(31-25)29(35)19-33-14-12-32(13-15-33)18-21-6-2-1-3-7-21/h1-11,16,26H,12-15,17-20H2/t26-/m0/s1. The lowest BCUT2D eigenvalue weighted by molar-refractivity contribution is -0.134. The molecule has 0 bridgehead atoms. The number of hydrazone groups is 1. The minimum Gasteiger partial charge on any atom is -0.454 e. The predicted molar refractivity (Wildman–Crippen MR) is 138 cm³/mol. The fourth-order valence-electron chi connectivity index (χ4n) is 5.19. The summed E-state index contributed by atoms with van der Waals surface area (Å²) in [6.07, 6.45) is 0.428. The van der Waals surface area contributed by atoms with E-state index >= 15 is 0 Å². The van der Waals surface area contributed by atoms with Crippen LogP contribution in [-0.4, -0.2) is 65.9 Å². The first kappa shape index (κ1) is 23.6. The fraction of sp³-hybridized carbons (Fsp3) is 0.310. The number of hydrogen-bond donors (Lipinski definition) is 0. The van der Waals surface area contributed by atoms with Crippen molar-refractivity contribution in [2.75, 3.05) is 39.5 Å². The van der Waals surface area contributed by atoms with Gasteiger partial charge in [0.1, 0.15) is 5.82 Å². The maximum absolute atomic E-state index is 14.6. The van der Waals surface area contributed by atoms with Crippen molar-refractivity contribution in [1.82, 2.24) is 14.8 Å². The van der Waals surface area contributed by atoms with E-state index in [1.807, 2.05) is 24.3 Å². The molecule has 0 aromatic heterocycles. The molecule has 1 amide bonds. The van der Waals surface area contributed by atoms with Crippen LogP contribution in [0, 0.1) is 5.82 Å². The highest BCUT2D eigenvalue weighted by Gasteiger charge is 2.35. The highest BCUT2D eigenvalue weighted by Crippen LogP contribution is 2.39. The van der Waals surface area contributed by atoms with Gasteiger partial charge in [-0.25, -0.2) is 9.40 Å². The van der Waals surface area contributed by atoms with Gasteiger partial charge in [0.25, 0.3) is 5.91 Å². The Bertz CT molecular complexity index is 1310. The molecule has 1 saturated heterocycles. The van der Waals surface area contributed by atoms with Crippen LogP contribution < -0.4 is 9.47 Å². The molecule has 8 heteroatoms.